The maximum absolute atomic E-state index is 12.6. The average molecular weight is 290 g/mol. The first-order valence-electron chi connectivity index (χ1n) is 7.13. The van der Waals surface area contributed by atoms with Crippen molar-refractivity contribution in [2.75, 3.05) is 0 Å². The van der Waals surface area contributed by atoms with Crippen LogP contribution < -0.4 is 4.74 Å². The number of carbonyl (C=O) groups excluding carboxylic acids is 1. The van der Waals surface area contributed by atoms with Gasteiger partial charge in [0.25, 0.3) is 0 Å². The predicted octanol–water partition coefficient (Wildman–Crippen LogP) is 4.65. The molecule has 1 aromatic carbocycles. The summed E-state index contributed by atoms with van der Waals surface area (Å²) in [6.07, 6.45) is 3.44. The standard InChI is InChI=1S/C17H22O2S/c1-4-17(10-12(2)9-13(3)11-17)16(18)19-14-5-7-15(20)8-6-14/h5-8,13,20H,2,4,9-11H2,1,3H3. The molecule has 1 aliphatic rings. The number of rotatable bonds is 3. The normalized spacial score (nSPS) is 26.4. The molecule has 3 heteroatoms. The number of carbonyl (C=O) groups is 1. The summed E-state index contributed by atoms with van der Waals surface area (Å²) in [5.41, 5.74) is 0.752. The number of esters is 1. The molecule has 0 bridgehead atoms. The molecule has 1 fully saturated rings. The van der Waals surface area contributed by atoms with E-state index in [1.54, 1.807) is 12.1 Å². The molecule has 108 valence electrons. The zero-order valence-electron chi connectivity index (χ0n) is 12.2. The SMILES string of the molecule is C=C1CC(C)CC(CC)(C(=O)Oc2ccc(S)cc2)C1. The minimum Gasteiger partial charge on any atom is -0.426 e. The van der Waals surface area contributed by atoms with Crippen LogP contribution in [0.5, 0.6) is 5.75 Å². The fourth-order valence-corrected chi connectivity index (χ4v) is 3.30. The monoisotopic (exact) mass is 290 g/mol. The summed E-state index contributed by atoms with van der Waals surface area (Å²) in [5.74, 6) is 0.952. The van der Waals surface area contributed by atoms with Crippen LogP contribution in [0.25, 0.3) is 0 Å². The molecule has 0 aliphatic heterocycles. The van der Waals surface area contributed by atoms with Crippen molar-refractivity contribution in [1.29, 1.82) is 0 Å². The zero-order chi connectivity index (χ0) is 14.8. The summed E-state index contributed by atoms with van der Waals surface area (Å²) in [6.45, 7) is 8.33. The van der Waals surface area contributed by atoms with Crippen molar-refractivity contribution in [2.24, 2.45) is 11.3 Å². The third-order valence-electron chi connectivity index (χ3n) is 4.12. The maximum atomic E-state index is 12.6. The van der Waals surface area contributed by atoms with Gasteiger partial charge in [0, 0.05) is 4.90 Å². The van der Waals surface area contributed by atoms with Crippen molar-refractivity contribution < 1.29 is 9.53 Å². The second-order valence-electron chi connectivity index (χ2n) is 5.96. The van der Waals surface area contributed by atoms with E-state index in [2.05, 4.69) is 33.1 Å². The lowest BCUT2D eigenvalue weighted by molar-refractivity contribution is -0.148. The van der Waals surface area contributed by atoms with Gasteiger partial charge in [0.1, 0.15) is 5.75 Å². The zero-order valence-corrected chi connectivity index (χ0v) is 13.1. The van der Waals surface area contributed by atoms with Crippen LogP contribution in [0.3, 0.4) is 0 Å². The summed E-state index contributed by atoms with van der Waals surface area (Å²) in [5, 5.41) is 0. The summed E-state index contributed by atoms with van der Waals surface area (Å²) >= 11 is 4.23. The van der Waals surface area contributed by atoms with Gasteiger partial charge in [-0.05, 0) is 55.9 Å². The Bertz CT molecular complexity index is 506. The lowest BCUT2D eigenvalue weighted by atomic mass is 9.67. The van der Waals surface area contributed by atoms with E-state index in [1.807, 2.05) is 12.1 Å². The van der Waals surface area contributed by atoms with Gasteiger partial charge >= 0.3 is 5.97 Å². The van der Waals surface area contributed by atoms with Gasteiger partial charge in [-0.25, -0.2) is 0 Å². The lowest BCUT2D eigenvalue weighted by Crippen LogP contribution is -2.39. The van der Waals surface area contributed by atoms with Crippen LogP contribution in [0, 0.1) is 11.3 Å². The van der Waals surface area contributed by atoms with Crippen molar-refractivity contribution in [1.82, 2.24) is 0 Å². The van der Waals surface area contributed by atoms with E-state index >= 15 is 0 Å². The van der Waals surface area contributed by atoms with E-state index in [0.717, 1.165) is 36.2 Å². The molecule has 0 heterocycles. The summed E-state index contributed by atoms with van der Waals surface area (Å²) < 4.78 is 5.59. The van der Waals surface area contributed by atoms with Crippen molar-refractivity contribution >= 4 is 18.6 Å². The number of hydrogen-bond donors (Lipinski definition) is 1. The first-order valence-corrected chi connectivity index (χ1v) is 7.58. The number of allylic oxidation sites excluding steroid dienone is 1. The van der Waals surface area contributed by atoms with Crippen molar-refractivity contribution in [2.45, 2.75) is 44.4 Å². The van der Waals surface area contributed by atoms with Crippen LogP contribution in [-0.2, 0) is 4.79 Å². The summed E-state index contributed by atoms with van der Waals surface area (Å²) in [4.78, 5) is 13.5. The average Bonchev–Trinajstić information content (AvgIpc) is 2.40. The van der Waals surface area contributed by atoms with Gasteiger partial charge in [0.2, 0.25) is 0 Å². The van der Waals surface area contributed by atoms with Crippen LogP contribution in [0.15, 0.2) is 41.3 Å². The first kappa shape index (κ1) is 15.2. The Kier molecular flexibility index (Phi) is 4.59. The second kappa shape index (κ2) is 6.04. The van der Waals surface area contributed by atoms with Crippen LogP contribution in [0.2, 0.25) is 0 Å². The van der Waals surface area contributed by atoms with Gasteiger partial charge in [0.05, 0.1) is 5.41 Å². The highest BCUT2D eigenvalue weighted by Gasteiger charge is 2.43. The molecule has 0 saturated heterocycles. The molecule has 2 unspecified atom stereocenters. The molecule has 0 radical (unpaired) electrons. The highest BCUT2D eigenvalue weighted by Crippen LogP contribution is 2.44. The van der Waals surface area contributed by atoms with E-state index in [-0.39, 0.29) is 5.97 Å². The van der Waals surface area contributed by atoms with Crippen molar-refractivity contribution in [3.05, 3.63) is 36.4 Å². The molecular formula is C17H22O2S. The van der Waals surface area contributed by atoms with Crippen LogP contribution in [-0.4, -0.2) is 5.97 Å². The molecule has 1 aliphatic carbocycles. The number of ether oxygens (including phenoxy) is 1. The van der Waals surface area contributed by atoms with Crippen molar-refractivity contribution in [3.63, 3.8) is 0 Å². The molecule has 20 heavy (non-hydrogen) atoms. The third kappa shape index (κ3) is 3.26. The van der Waals surface area contributed by atoms with Gasteiger partial charge in [-0.2, -0.15) is 0 Å². The van der Waals surface area contributed by atoms with Crippen LogP contribution in [0.1, 0.15) is 39.5 Å². The molecule has 1 aromatic rings. The molecule has 0 aromatic heterocycles. The Morgan fingerprint density at radius 3 is 2.65 bits per heavy atom. The Labute approximate surface area is 126 Å². The number of benzene rings is 1. The van der Waals surface area contributed by atoms with Gasteiger partial charge in [-0.3, -0.25) is 4.79 Å². The van der Waals surface area contributed by atoms with E-state index in [4.69, 9.17) is 4.74 Å². The van der Waals surface area contributed by atoms with Gasteiger partial charge in [-0.15, -0.1) is 12.6 Å². The highest BCUT2D eigenvalue weighted by molar-refractivity contribution is 7.80. The minimum atomic E-state index is -0.408. The molecule has 1 saturated carbocycles. The minimum absolute atomic E-state index is 0.125. The molecule has 0 spiro atoms. The lowest BCUT2D eigenvalue weighted by Gasteiger charge is -2.38. The van der Waals surface area contributed by atoms with E-state index in [9.17, 15) is 4.79 Å². The molecule has 2 atom stereocenters. The summed E-state index contributed by atoms with van der Waals surface area (Å²) in [6, 6.07) is 7.22. The molecule has 2 rings (SSSR count). The quantitative estimate of drug-likeness (QED) is 0.379. The van der Waals surface area contributed by atoms with Gasteiger partial charge < -0.3 is 4.74 Å². The van der Waals surface area contributed by atoms with Crippen LogP contribution >= 0.6 is 12.6 Å². The Balaban J connectivity index is 2.16. The predicted molar refractivity (Wildman–Crippen MR) is 84.2 cm³/mol. The molecule has 2 nitrogen and oxygen atoms in total. The molecule has 0 N–H and O–H groups in total. The molecule has 0 amide bonds. The summed E-state index contributed by atoms with van der Waals surface area (Å²) in [7, 11) is 0. The van der Waals surface area contributed by atoms with Gasteiger partial charge in [0.15, 0.2) is 0 Å². The smallest absolute Gasteiger partial charge is 0.317 e. The van der Waals surface area contributed by atoms with Crippen molar-refractivity contribution in [3.8, 4) is 5.75 Å². The first-order chi connectivity index (χ1) is 9.45. The number of hydrogen-bond acceptors (Lipinski definition) is 3. The third-order valence-corrected chi connectivity index (χ3v) is 4.42. The topological polar surface area (TPSA) is 26.3 Å². The van der Waals surface area contributed by atoms with Gasteiger partial charge in [-0.1, -0.05) is 26.0 Å². The van der Waals surface area contributed by atoms with E-state index < -0.39 is 5.41 Å². The van der Waals surface area contributed by atoms with E-state index in [0.29, 0.717) is 11.7 Å². The Morgan fingerprint density at radius 2 is 2.10 bits per heavy atom. The fourth-order valence-electron chi connectivity index (χ4n) is 3.15. The Hall–Kier alpha value is -1.22. The fraction of sp³-hybridized carbons (Fsp3) is 0.471. The largest absolute Gasteiger partial charge is 0.426 e. The second-order valence-corrected chi connectivity index (χ2v) is 6.47. The highest BCUT2D eigenvalue weighted by atomic mass is 32.1. The molecular weight excluding hydrogens is 268 g/mol. The number of thiol groups is 1. The van der Waals surface area contributed by atoms with Crippen LogP contribution in [0.4, 0.5) is 0 Å². The maximum Gasteiger partial charge on any atom is 0.317 e. The Morgan fingerprint density at radius 1 is 1.45 bits per heavy atom. The van der Waals surface area contributed by atoms with E-state index in [1.165, 1.54) is 0 Å².